The molecule has 4 heteroatoms. The van der Waals surface area contributed by atoms with Crippen molar-refractivity contribution in [2.45, 2.75) is 196 Å². The predicted octanol–water partition coefficient (Wildman–Crippen LogP) is 10.9. The van der Waals surface area contributed by atoms with Crippen molar-refractivity contribution in [3.8, 4) is 0 Å². The van der Waals surface area contributed by atoms with Gasteiger partial charge >= 0.3 is 23.7 Å². The molecule has 0 aromatic rings. The summed E-state index contributed by atoms with van der Waals surface area (Å²) in [6.07, 6.45) is 29.2. The van der Waals surface area contributed by atoms with Crippen LogP contribution in [0.15, 0.2) is 0 Å². The van der Waals surface area contributed by atoms with E-state index in [4.69, 9.17) is 13.5 Å². The first kappa shape index (κ1) is 46.3. The van der Waals surface area contributed by atoms with Crippen molar-refractivity contribution in [2.24, 2.45) is 0 Å². The molecular weight excluding hydrogens is 480 g/mol. The first-order chi connectivity index (χ1) is 17.4. The number of rotatable bonds is 20. The van der Waals surface area contributed by atoms with Gasteiger partial charge in [-0.1, -0.05) is 132 Å². The second-order valence-corrected chi connectivity index (χ2v) is 9.50. The van der Waals surface area contributed by atoms with Gasteiger partial charge in [0, 0.05) is 0 Å². The zero-order valence-electron chi connectivity index (χ0n) is 26.3. The molecule has 2 unspecified atom stereocenters. The van der Waals surface area contributed by atoms with Crippen molar-refractivity contribution >= 4 is 0 Å². The van der Waals surface area contributed by atoms with Crippen molar-refractivity contribution in [3.63, 3.8) is 0 Å². The van der Waals surface area contributed by atoms with Crippen LogP contribution < -0.4 is 0 Å². The van der Waals surface area contributed by atoms with Crippen molar-refractivity contribution in [3.05, 3.63) is 12.8 Å². The van der Waals surface area contributed by atoms with Crippen LogP contribution in [-0.4, -0.2) is 22.4 Å². The van der Waals surface area contributed by atoms with Crippen LogP contribution >= 0.6 is 0 Å². The number of unbranched alkanes of at least 4 members (excludes halogenated alkanes) is 14. The van der Waals surface area contributed by atoms with Crippen molar-refractivity contribution in [1.29, 1.82) is 0 Å². The van der Waals surface area contributed by atoms with E-state index in [0.717, 1.165) is 46.1 Å². The fourth-order valence-electron chi connectivity index (χ4n) is 3.15. The van der Waals surface area contributed by atoms with Gasteiger partial charge in [0.15, 0.2) is 0 Å². The molecule has 0 aliphatic rings. The summed E-state index contributed by atoms with van der Waals surface area (Å²) in [5.41, 5.74) is 0. The Morgan fingerprint density at radius 1 is 0.500 bits per heavy atom. The molecule has 0 rings (SSSR count). The van der Waals surface area contributed by atoms with Crippen LogP contribution in [0.1, 0.15) is 184 Å². The monoisotopic (exact) mass is 550 g/mol. The molecule has 0 saturated carbocycles. The van der Waals surface area contributed by atoms with E-state index in [9.17, 15) is 0 Å². The van der Waals surface area contributed by atoms with Crippen LogP contribution in [0.4, 0.5) is 0 Å². The van der Waals surface area contributed by atoms with Crippen molar-refractivity contribution in [2.75, 3.05) is 0 Å². The summed E-state index contributed by atoms with van der Waals surface area (Å²) in [7, 11) is 0. The third kappa shape index (κ3) is 64.5. The fraction of sp³-hybridized carbons (Fsp3) is 0.938. The summed E-state index contributed by atoms with van der Waals surface area (Å²) in [4.78, 5) is 0. The zero-order chi connectivity index (χ0) is 28.7. The van der Waals surface area contributed by atoms with E-state index in [-0.39, 0.29) is 12.2 Å². The van der Waals surface area contributed by atoms with E-state index in [1.54, 1.807) is 0 Å². The van der Waals surface area contributed by atoms with Gasteiger partial charge in [-0.05, 0) is 25.7 Å². The van der Waals surface area contributed by atoms with E-state index in [2.05, 4.69) is 54.4 Å². The summed E-state index contributed by atoms with van der Waals surface area (Å²) in [6, 6.07) is 0. The Morgan fingerprint density at radius 2 is 0.778 bits per heavy atom. The Hall–Kier alpha value is 0.434. The molecule has 0 amide bonds. The second kappa shape index (κ2) is 52.0. The fourth-order valence-corrected chi connectivity index (χ4v) is 3.15. The number of hydrogen-bond acceptors (Lipinski definition) is 3. The third-order valence-electron chi connectivity index (χ3n) is 5.83. The first-order valence-corrected chi connectivity index (χ1v) is 16.3. The van der Waals surface area contributed by atoms with Gasteiger partial charge in [0.05, 0.1) is 12.2 Å². The van der Waals surface area contributed by atoms with Crippen LogP contribution in [-0.2, 0) is 23.7 Å². The van der Waals surface area contributed by atoms with E-state index in [1.165, 1.54) is 103 Å². The molecule has 0 bridgehead atoms. The maximum atomic E-state index is 9.08. The Kier molecular flexibility index (Phi) is 66.8. The molecule has 2 atom stereocenters. The molecule has 0 aromatic carbocycles. The Balaban J connectivity index is -0.000000116. The van der Waals surface area contributed by atoms with E-state index >= 15 is 0 Å². The Bertz CT molecular complexity index is 263. The summed E-state index contributed by atoms with van der Waals surface area (Å²) < 4.78 is 8.25. The molecule has 36 heavy (non-hydrogen) atoms. The second-order valence-electron chi connectivity index (χ2n) is 9.50. The van der Waals surface area contributed by atoms with Crippen LogP contribution in [0.2, 0.25) is 0 Å². The van der Waals surface area contributed by atoms with Crippen LogP contribution in [0.3, 0.4) is 0 Å². The standard InChI is InChI=1S/2C8H18O.2C8H17.O.Ti/c2*1-3-5-6-7-8(9)4-2;2*1-3-5-7-8-6-4-2;;/h2*8-9H,3-7H2,1-2H3;2*5H,3-4,6-8H2,1-2H3;;/q;;2*-1;;+2. The van der Waals surface area contributed by atoms with E-state index in [1.807, 2.05) is 13.8 Å². The van der Waals surface area contributed by atoms with Gasteiger partial charge < -0.3 is 23.1 Å². The van der Waals surface area contributed by atoms with E-state index < -0.39 is 0 Å². The van der Waals surface area contributed by atoms with Gasteiger partial charge in [-0.15, -0.1) is 0 Å². The molecule has 0 saturated heterocycles. The molecule has 0 aromatic heterocycles. The molecule has 2 N–H and O–H groups in total. The van der Waals surface area contributed by atoms with Crippen LogP contribution in [0.5, 0.6) is 0 Å². The topological polar surface area (TPSA) is 57.5 Å². The average molecular weight is 551 g/mol. The Morgan fingerprint density at radius 3 is 1.00 bits per heavy atom. The summed E-state index contributed by atoms with van der Waals surface area (Å²) in [6.45, 7) is 17.3. The molecule has 3 nitrogen and oxygen atoms in total. The maximum absolute atomic E-state index is 9.08. The number of hydrogen-bond donors (Lipinski definition) is 2. The van der Waals surface area contributed by atoms with Crippen molar-refractivity contribution < 1.29 is 33.9 Å². The summed E-state index contributed by atoms with van der Waals surface area (Å²) in [5, 5.41) is 18.2. The molecule has 0 radical (unpaired) electrons. The van der Waals surface area contributed by atoms with Gasteiger partial charge in [0.1, 0.15) is 0 Å². The normalized spacial score (nSPS) is 11.3. The molecule has 0 aliphatic carbocycles. The van der Waals surface area contributed by atoms with Crippen LogP contribution in [0.25, 0.3) is 0 Å². The minimum atomic E-state index is -0.0449. The van der Waals surface area contributed by atoms with Gasteiger partial charge in [-0.3, -0.25) is 0 Å². The van der Waals surface area contributed by atoms with Gasteiger partial charge in [0.25, 0.3) is 0 Å². The molecule has 0 spiro atoms. The van der Waals surface area contributed by atoms with Crippen molar-refractivity contribution in [1.82, 2.24) is 0 Å². The number of aliphatic hydroxyl groups is 2. The summed E-state index contributed by atoms with van der Waals surface area (Å²) in [5.74, 6) is 0. The van der Waals surface area contributed by atoms with Gasteiger partial charge in [-0.2, -0.15) is 25.7 Å². The van der Waals surface area contributed by atoms with Gasteiger partial charge in [-0.25, -0.2) is 0 Å². The van der Waals surface area contributed by atoms with Gasteiger partial charge in [0.2, 0.25) is 0 Å². The molecular formula is C32H70O3Ti. The van der Waals surface area contributed by atoms with Crippen LogP contribution in [0, 0.1) is 12.8 Å². The third-order valence-corrected chi connectivity index (χ3v) is 5.83. The molecule has 0 heterocycles. The minimum absolute atomic E-state index is 0.0449. The Labute approximate surface area is 242 Å². The molecule has 220 valence electrons. The predicted molar refractivity (Wildman–Crippen MR) is 159 cm³/mol. The average Bonchev–Trinajstić information content (AvgIpc) is 2.91. The molecule has 0 aliphatic heterocycles. The molecule has 0 fully saturated rings. The quantitative estimate of drug-likeness (QED) is 0.0900. The van der Waals surface area contributed by atoms with E-state index in [0.29, 0.717) is 0 Å². The zero-order valence-corrected chi connectivity index (χ0v) is 27.8. The SMILES string of the molecule is CCCCCC(O)CC.CCCCCC(O)CC.CC[CH-]CCCCC.CC[CH-]CCCCC.[O]=[Ti+2]. The first-order valence-electron chi connectivity index (χ1n) is 15.6. The number of aliphatic hydroxyl groups excluding tert-OH is 2. The summed E-state index contributed by atoms with van der Waals surface area (Å²) >= 11 is 0.750.